The summed E-state index contributed by atoms with van der Waals surface area (Å²) in [4.78, 5) is 4.20. The Morgan fingerprint density at radius 1 is 1.67 bits per heavy atom. The molecule has 15 heavy (non-hydrogen) atoms. The van der Waals surface area contributed by atoms with E-state index in [9.17, 15) is 8.42 Å². The summed E-state index contributed by atoms with van der Waals surface area (Å²) >= 11 is 4.73. The molecule has 4 nitrogen and oxygen atoms in total. The molecule has 0 spiro atoms. The molecule has 0 amide bonds. The molecular formula is C8H11BrN2O2S2. The monoisotopic (exact) mass is 310 g/mol. The Balaban J connectivity index is 2.13. The van der Waals surface area contributed by atoms with Crippen molar-refractivity contribution in [3.63, 3.8) is 0 Å². The second-order valence-corrected chi connectivity index (χ2v) is 7.86. The minimum atomic E-state index is -2.86. The van der Waals surface area contributed by atoms with E-state index in [-0.39, 0.29) is 17.0 Å². The molecule has 0 radical (unpaired) electrons. The maximum absolute atomic E-state index is 11.4. The molecule has 1 fully saturated rings. The lowest BCUT2D eigenvalue weighted by Gasteiger charge is -2.23. The molecule has 1 unspecified atom stereocenters. The molecule has 0 bridgehead atoms. The van der Waals surface area contributed by atoms with Crippen molar-refractivity contribution < 1.29 is 8.42 Å². The third-order valence-corrected chi connectivity index (χ3v) is 5.76. The summed E-state index contributed by atoms with van der Waals surface area (Å²) in [7, 11) is -2.86. The van der Waals surface area contributed by atoms with E-state index in [1.165, 1.54) is 11.3 Å². The maximum atomic E-state index is 11.4. The average molecular weight is 311 g/mol. The van der Waals surface area contributed by atoms with Crippen molar-refractivity contribution in [3.05, 3.63) is 9.98 Å². The van der Waals surface area contributed by atoms with Crippen molar-refractivity contribution in [1.82, 2.24) is 4.98 Å². The van der Waals surface area contributed by atoms with Crippen molar-refractivity contribution in [1.29, 1.82) is 0 Å². The average Bonchev–Trinajstić information content (AvgIpc) is 2.57. The van der Waals surface area contributed by atoms with Gasteiger partial charge >= 0.3 is 0 Å². The van der Waals surface area contributed by atoms with Gasteiger partial charge in [-0.15, -0.1) is 11.3 Å². The lowest BCUT2D eigenvalue weighted by molar-refractivity contribution is 0.573. The lowest BCUT2D eigenvalue weighted by Crippen LogP contribution is -2.35. The first-order valence-electron chi connectivity index (χ1n) is 4.48. The molecule has 0 aromatic carbocycles. The van der Waals surface area contributed by atoms with E-state index in [1.807, 2.05) is 12.3 Å². The van der Waals surface area contributed by atoms with Crippen molar-refractivity contribution >= 4 is 42.2 Å². The van der Waals surface area contributed by atoms with Gasteiger partial charge in [0.05, 0.1) is 17.0 Å². The van der Waals surface area contributed by atoms with Crippen LogP contribution >= 0.6 is 27.3 Å². The van der Waals surface area contributed by atoms with Gasteiger partial charge in [0.2, 0.25) is 0 Å². The van der Waals surface area contributed by atoms with Gasteiger partial charge in [-0.05, 0) is 29.3 Å². The Kier molecular flexibility index (Phi) is 2.81. The number of nitrogens with one attached hydrogen (secondary N) is 1. The van der Waals surface area contributed by atoms with Gasteiger partial charge in [-0.1, -0.05) is 0 Å². The first kappa shape index (κ1) is 11.3. The zero-order valence-corrected chi connectivity index (χ0v) is 11.4. The Bertz CT molecular complexity index is 471. The molecule has 2 heterocycles. The Hall–Kier alpha value is -0.140. The van der Waals surface area contributed by atoms with Crippen LogP contribution in [0.25, 0.3) is 0 Å². The molecule has 0 aliphatic carbocycles. The van der Waals surface area contributed by atoms with Gasteiger partial charge in [0, 0.05) is 5.38 Å². The molecule has 0 saturated carbocycles. The van der Waals surface area contributed by atoms with Crippen LogP contribution in [0.4, 0.5) is 5.13 Å². The fraction of sp³-hybridized carbons (Fsp3) is 0.625. The third kappa shape index (κ3) is 2.70. The van der Waals surface area contributed by atoms with E-state index in [0.717, 1.165) is 9.73 Å². The maximum Gasteiger partial charge on any atom is 0.184 e. The molecule has 7 heteroatoms. The summed E-state index contributed by atoms with van der Waals surface area (Å²) in [5.74, 6) is 0.459. The summed E-state index contributed by atoms with van der Waals surface area (Å²) in [5.41, 5.74) is -0.365. The molecular weight excluding hydrogens is 300 g/mol. The lowest BCUT2D eigenvalue weighted by atomic mass is 10.0. The van der Waals surface area contributed by atoms with Crippen LogP contribution in [0, 0.1) is 0 Å². The molecule has 1 saturated heterocycles. The standard InChI is InChI=1S/C8H11BrN2O2S2/c1-8(2-3-15(12,13)5-8)11-7-10-6(9)4-14-7/h4H,2-3,5H2,1H3,(H,10,11). The molecule has 1 N–H and O–H groups in total. The van der Waals surface area contributed by atoms with Crippen LogP contribution in [0.5, 0.6) is 0 Å². The highest BCUT2D eigenvalue weighted by molar-refractivity contribution is 9.10. The topological polar surface area (TPSA) is 59.1 Å². The van der Waals surface area contributed by atoms with Gasteiger partial charge in [0.25, 0.3) is 0 Å². The van der Waals surface area contributed by atoms with Gasteiger partial charge in [0.15, 0.2) is 15.0 Å². The first-order chi connectivity index (χ1) is 6.89. The molecule has 1 aromatic heterocycles. The van der Waals surface area contributed by atoms with Crippen LogP contribution in [0.2, 0.25) is 0 Å². The van der Waals surface area contributed by atoms with Crippen LogP contribution in [0.15, 0.2) is 9.98 Å². The predicted octanol–water partition coefficient (Wildman–Crippen LogP) is 1.89. The number of aromatic nitrogens is 1. The highest BCUT2D eigenvalue weighted by atomic mass is 79.9. The van der Waals surface area contributed by atoms with Gasteiger partial charge in [0.1, 0.15) is 4.60 Å². The fourth-order valence-corrected chi connectivity index (χ4v) is 5.06. The van der Waals surface area contributed by atoms with E-state index < -0.39 is 9.84 Å². The fourth-order valence-electron chi connectivity index (χ4n) is 1.68. The number of halogens is 1. The number of sulfone groups is 1. The number of thiazole rings is 1. The number of anilines is 1. The molecule has 1 aromatic rings. The summed E-state index contributed by atoms with van der Waals surface area (Å²) in [6, 6.07) is 0. The number of hydrogen-bond acceptors (Lipinski definition) is 5. The predicted molar refractivity (Wildman–Crippen MR) is 65.1 cm³/mol. The zero-order valence-electron chi connectivity index (χ0n) is 8.16. The number of hydrogen-bond donors (Lipinski definition) is 1. The molecule has 2 rings (SSSR count). The zero-order chi connectivity index (χ0) is 11.1. The van der Waals surface area contributed by atoms with Gasteiger partial charge in [-0.2, -0.15) is 0 Å². The van der Waals surface area contributed by atoms with Crippen LogP contribution < -0.4 is 5.32 Å². The summed E-state index contributed by atoms with van der Waals surface area (Å²) in [6.45, 7) is 1.92. The molecule has 84 valence electrons. The van der Waals surface area contributed by atoms with Crippen molar-refractivity contribution in [2.45, 2.75) is 18.9 Å². The van der Waals surface area contributed by atoms with E-state index in [1.54, 1.807) is 0 Å². The van der Waals surface area contributed by atoms with Gasteiger partial charge in [-0.25, -0.2) is 13.4 Å². The van der Waals surface area contributed by atoms with Crippen LogP contribution in [-0.4, -0.2) is 30.4 Å². The normalized spacial score (nSPS) is 29.2. The van der Waals surface area contributed by atoms with Crippen LogP contribution in [-0.2, 0) is 9.84 Å². The van der Waals surface area contributed by atoms with E-state index in [2.05, 4.69) is 26.2 Å². The number of nitrogens with zero attached hydrogens (tertiary/aromatic N) is 1. The Labute approximate surface area is 101 Å². The Morgan fingerprint density at radius 2 is 2.40 bits per heavy atom. The second kappa shape index (κ2) is 3.71. The molecule has 1 aliphatic heterocycles. The van der Waals surface area contributed by atoms with Gasteiger partial charge < -0.3 is 5.32 Å². The first-order valence-corrected chi connectivity index (χ1v) is 7.98. The molecule has 1 atom stereocenters. The highest BCUT2D eigenvalue weighted by Gasteiger charge is 2.38. The smallest absolute Gasteiger partial charge is 0.184 e. The Morgan fingerprint density at radius 3 is 2.87 bits per heavy atom. The van der Waals surface area contributed by atoms with Crippen molar-refractivity contribution in [2.75, 3.05) is 16.8 Å². The minimum Gasteiger partial charge on any atom is -0.355 e. The van der Waals surface area contributed by atoms with Crippen LogP contribution in [0.1, 0.15) is 13.3 Å². The number of rotatable bonds is 2. The largest absolute Gasteiger partial charge is 0.355 e. The molecule has 1 aliphatic rings. The highest BCUT2D eigenvalue weighted by Crippen LogP contribution is 2.29. The second-order valence-electron chi connectivity index (χ2n) is 4.00. The summed E-state index contributed by atoms with van der Waals surface area (Å²) in [6.07, 6.45) is 0.645. The van der Waals surface area contributed by atoms with Gasteiger partial charge in [-0.3, -0.25) is 0 Å². The third-order valence-electron chi connectivity index (χ3n) is 2.39. The SMILES string of the molecule is CC1(Nc2nc(Br)cs2)CCS(=O)(=O)C1. The minimum absolute atomic E-state index is 0.192. The summed E-state index contributed by atoms with van der Waals surface area (Å²) in [5, 5.41) is 5.83. The van der Waals surface area contributed by atoms with Crippen molar-refractivity contribution in [3.8, 4) is 0 Å². The van der Waals surface area contributed by atoms with E-state index in [4.69, 9.17) is 0 Å². The van der Waals surface area contributed by atoms with Crippen molar-refractivity contribution in [2.24, 2.45) is 0 Å². The summed E-state index contributed by atoms with van der Waals surface area (Å²) < 4.78 is 23.5. The van der Waals surface area contributed by atoms with E-state index in [0.29, 0.717) is 6.42 Å². The van der Waals surface area contributed by atoms with Crippen LogP contribution in [0.3, 0.4) is 0 Å². The quantitative estimate of drug-likeness (QED) is 0.906. The van der Waals surface area contributed by atoms with E-state index >= 15 is 0 Å².